The fourth-order valence-electron chi connectivity index (χ4n) is 2.77. The highest BCUT2D eigenvalue weighted by Crippen LogP contribution is 2.22. The molecule has 0 aliphatic heterocycles. The number of ether oxygens (including phenoxy) is 2. The average molecular weight is 442 g/mol. The third kappa shape index (κ3) is 8.03. The van der Waals surface area contributed by atoms with Crippen LogP contribution in [-0.4, -0.2) is 66.9 Å². The Balaban J connectivity index is 2.09. The van der Waals surface area contributed by atoms with Gasteiger partial charge >= 0.3 is 5.97 Å². The fourth-order valence-corrected chi connectivity index (χ4v) is 2.77. The molecule has 2 N–H and O–H groups in total. The zero-order valence-corrected chi connectivity index (χ0v) is 19.3. The number of hydrogen-bond acceptors (Lipinski definition) is 6. The summed E-state index contributed by atoms with van der Waals surface area (Å²) >= 11 is 0. The minimum Gasteiger partial charge on any atom is -0.459 e. The van der Waals surface area contributed by atoms with Gasteiger partial charge in [0.15, 0.2) is 0 Å². The number of hydrogen-bond donors (Lipinski definition) is 1. The van der Waals surface area contributed by atoms with E-state index in [1.807, 2.05) is 19.0 Å². The van der Waals surface area contributed by atoms with Gasteiger partial charge in [0.05, 0.1) is 0 Å². The van der Waals surface area contributed by atoms with E-state index in [1.54, 1.807) is 69.3 Å². The molecule has 0 unspecified atom stereocenters. The number of nitrogens with zero attached hydrogens (tertiary/aromatic N) is 2. The molecule has 0 radical (unpaired) electrons. The first-order chi connectivity index (χ1) is 14.9. The minimum absolute atomic E-state index is 0.131. The first kappa shape index (κ1) is 24.9. The Labute approximate surface area is 188 Å². The topological polar surface area (TPSA) is 102 Å². The quantitative estimate of drug-likeness (QED) is 0.601. The Morgan fingerprint density at radius 3 is 1.78 bits per heavy atom. The van der Waals surface area contributed by atoms with E-state index in [2.05, 4.69) is 0 Å². The van der Waals surface area contributed by atoms with Crippen LogP contribution >= 0.6 is 0 Å². The van der Waals surface area contributed by atoms with Gasteiger partial charge in [0.25, 0.3) is 5.91 Å². The summed E-state index contributed by atoms with van der Waals surface area (Å²) in [5, 5.41) is 0. The summed E-state index contributed by atoms with van der Waals surface area (Å²) in [6.07, 6.45) is 0. The monoisotopic (exact) mass is 441 g/mol. The van der Waals surface area contributed by atoms with Gasteiger partial charge in [-0.2, -0.15) is 0 Å². The Hall–Kier alpha value is -3.39. The highest BCUT2D eigenvalue weighted by molar-refractivity contribution is 5.96. The van der Waals surface area contributed by atoms with Crippen LogP contribution in [0.2, 0.25) is 0 Å². The molecule has 0 atom stereocenters. The first-order valence-electron chi connectivity index (χ1n) is 10.3. The number of esters is 1. The molecule has 2 aromatic rings. The van der Waals surface area contributed by atoms with Gasteiger partial charge in [-0.25, -0.2) is 0 Å². The second-order valence-corrected chi connectivity index (χ2v) is 8.63. The zero-order valence-electron chi connectivity index (χ0n) is 19.3. The number of benzene rings is 2. The first-order valence-corrected chi connectivity index (χ1v) is 10.3. The van der Waals surface area contributed by atoms with Crippen molar-refractivity contribution in [3.8, 4) is 11.5 Å². The molecule has 0 aliphatic carbocycles. The summed E-state index contributed by atoms with van der Waals surface area (Å²) in [7, 11) is 3.80. The van der Waals surface area contributed by atoms with Gasteiger partial charge in [0.2, 0.25) is 5.91 Å². The van der Waals surface area contributed by atoms with Crippen molar-refractivity contribution in [2.45, 2.75) is 26.4 Å². The molecule has 172 valence electrons. The van der Waals surface area contributed by atoms with Gasteiger partial charge in [0, 0.05) is 24.2 Å². The van der Waals surface area contributed by atoms with Crippen LogP contribution in [0.15, 0.2) is 48.5 Å². The van der Waals surface area contributed by atoms with Gasteiger partial charge < -0.3 is 25.0 Å². The summed E-state index contributed by atoms with van der Waals surface area (Å²) in [5.41, 5.74) is 5.44. The van der Waals surface area contributed by atoms with Crippen molar-refractivity contribution in [3.05, 3.63) is 59.7 Å². The van der Waals surface area contributed by atoms with Gasteiger partial charge in [-0.15, -0.1) is 0 Å². The summed E-state index contributed by atoms with van der Waals surface area (Å²) in [6, 6.07) is 13.1. The summed E-state index contributed by atoms with van der Waals surface area (Å²) in [6.45, 7) is 6.23. The lowest BCUT2D eigenvalue weighted by atomic mass is 10.1. The largest absolute Gasteiger partial charge is 0.459 e. The van der Waals surface area contributed by atoms with E-state index < -0.39 is 17.5 Å². The van der Waals surface area contributed by atoms with Crippen LogP contribution in [0.25, 0.3) is 0 Å². The minimum atomic E-state index is -0.623. The lowest BCUT2D eigenvalue weighted by molar-refractivity contribution is -0.155. The predicted molar refractivity (Wildman–Crippen MR) is 122 cm³/mol. The normalized spacial score (nSPS) is 11.2. The van der Waals surface area contributed by atoms with Crippen LogP contribution in [0.4, 0.5) is 0 Å². The van der Waals surface area contributed by atoms with Crippen LogP contribution < -0.4 is 10.5 Å². The number of nitrogens with two attached hydrogens (primary N) is 1. The second kappa shape index (κ2) is 10.8. The van der Waals surface area contributed by atoms with Crippen LogP contribution in [-0.2, 0) is 9.53 Å². The molecule has 2 aromatic carbocycles. The van der Waals surface area contributed by atoms with E-state index in [1.165, 1.54) is 4.90 Å². The van der Waals surface area contributed by atoms with Crippen molar-refractivity contribution in [1.29, 1.82) is 0 Å². The van der Waals surface area contributed by atoms with E-state index in [9.17, 15) is 14.4 Å². The molecule has 32 heavy (non-hydrogen) atoms. The third-order valence-electron chi connectivity index (χ3n) is 4.32. The Morgan fingerprint density at radius 2 is 1.34 bits per heavy atom. The molecule has 0 heterocycles. The number of primary amides is 1. The molecule has 0 aliphatic rings. The van der Waals surface area contributed by atoms with Crippen molar-refractivity contribution in [2.24, 2.45) is 5.73 Å². The van der Waals surface area contributed by atoms with Gasteiger partial charge in [-0.3, -0.25) is 14.4 Å². The van der Waals surface area contributed by atoms with E-state index in [-0.39, 0.29) is 12.5 Å². The Bertz CT molecular complexity index is 932. The molecule has 0 fully saturated rings. The molecule has 0 saturated carbocycles. The number of likely N-dealkylation sites (N-methyl/N-ethyl adjacent to an activating group) is 1. The summed E-state index contributed by atoms with van der Waals surface area (Å²) < 4.78 is 11.1. The SMILES string of the molecule is CN(C)CCN(CC(=O)OC(C)(C)C)C(=O)c1ccc(Oc2ccc(C(N)=O)cc2)cc1. The van der Waals surface area contributed by atoms with Crippen molar-refractivity contribution in [1.82, 2.24) is 9.80 Å². The van der Waals surface area contributed by atoms with Gasteiger partial charge in [-0.1, -0.05) is 0 Å². The Morgan fingerprint density at radius 1 is 0.844 bits per heavy atom. The molecule has 8 heteroatoms. The van der Waals surface area contributed by atoms with E-state index in [0.29, 0.717) is 35.7 Å². The van der Waals surface area contributed by atoms with Crippen LogP contribution in [0.1, 0.15) is 41.5 Å². The Kier molecular flexibility index (Phi) is 8.37. The number of carbonyl (C=O) groups excluding carboxylic acids is 3. The van der Waals surface area contributed by atoms with Crippen LogP contribution in [0, 0.1) is 0 Å². The maximum Gasteiger partial charge on any atom is 0.326 e. The molecule has 0 aromatic heterocycles. The van der Waals surface area contributed by atoms with Crippen LogP contribution in [0.3, 0.4) is 0 Å². The standard InChI is InChI=1S/C24H31N3O5/c1-24(2,3)32-21(28)16-27(15-14-26(4)5)23(30)18-8-12-20(13-9-18)31-19-10-6-17(7-11-19)22(25)29/h6-13H,14-16H2,1-5H3,(H2,25,29). The van der Waals surface area contributed by atoms with E-state index in [4.69, 9.17) is 15.2 Å². The van der Waals surface area contributed by atoms with Gasteiger partial charge in [0.1, 0.15) is 23.6 Å². The third-order valence-corrected chi connectivity index (χ3v) is 4.32. The summed E-state index contributed by atoms with van der Waals surface area (Å²) in [5.74, 6) is -0.171. The maximum absolute atomic E-state index is 13.0. The second-order valence-electron chi connectivity index (χ2n) is 8.63. The molecule has 0 bridgehead atoms. The molecular formula is C24H31N3O5. The van der Waals surface area contributed by atoms with Crippen molar-refractivity contribution >= 4 is 17.8 Å². The lowest BCUT2D eigenvalue weighted by Gasteiger charge is -2.26. The number of amides is 2. The van der Waals surface area contributed by atoms with Crippen molar-refractivity contribution < 1.29 is 23.9 Å². The molecule has 2 rings (SSSR count). The lowest BCUT2D eigenvalue weighted by Crippen LogP contribution is -2.42. The fraction of sp³-hybridized carbons (Fsp3) is 0.375. The van der Waals surface area contributed by atoms with Crippen molar-refractivity contribution in [2.75, 3.05) is 33.7 Å². The number of carbonyl (C=O) groups is 3. The predicted octanol–water partition coefficient (Wildman–Crippen LogP) is 2.92. The average Bonchev–Trinajstić information content (AvgIpc) is 2.70. The van der Waals surface area contributed by atoms with E-state index >= 15 is 0 Å². The van der Waals surface area contributed by atoms with Gasteiger partial charge in [-0.05, 0) is 83.4 Å². The highest BCUT2D eigenvalue weighted by Gasteiger charge is 2.23. The summed E-state index contributed by atoms with van der Waals surface area (Å²) in [4.78, 5) is 39.9. The van der Waals surface area contributed by atoms with Crippen molar-refractivity contribution in [3.63, 3.8) is 0 Å². The molecule has 0 saturated heterocycles. The molecule has 0 spiro atoms. The highest BCUT2D eigenvalue weighted by atomic mass is 16.6. The molecular weight excluding hydrogens is 410 g/mol. The molecule has 8 nitrogen and oxygen atoms in total. The number of rotatable bonds is 9. The van der Waals surface area contributed by atoms with E-state index in [0.717, 1.165) is 0 Å². The van der Waals surface area contributed by atoms with Crippen LogP contribution in [0.5, 0.6) is 11.5 Å². The zero-order chi connectivity index (χ0) is 23.9. The molecule has 2 amide bonds. The smallest absolute Gasteiger partial charge is 0.326 e. The maximum atomic E-state index is 13.0.